The fraction of sp³-hybridized carbons (Fsp3) is 0.500. The summed E-state index contributed by atoms with van der Waals surface area (Å²) in [6, 6.07) is 0. The van der Waals surface area contributed by atoms with Gasteiger partial charge in [0.05, 0.1) is 6.54 Å². The lowest BCUT2D eigenvalue weighted by Gasteiger charge is -2.12. The molecule has 2 heterocycles. The molecule has 2 rings (SSSR count). The van der Waals surface area contributed by atoms with Crippen LogP contribution in [0.3, 0.4) is 0 Å². The Hall–Kier alpha value is -1.14. The zero-order chi connectivity index (χ0) is 9.97. The minimum atomic E-state index is 0.237. The van der Waals surface area contributed by atoms with Crippen molar-refractivity contribution in [2.24, 2.45) is 5.84 Å². The van der Waals surface area contributed by atoms with Crippen molar-refractivity contribution < 1.29 is 4.79 Å². The number of nitrogens with one attached hydrogen (secondary N) is 1. The van der Waals surface area contributed by atoms with Crippen LogP contribution in [0.4, 0.5) is 5.13 Å². The number of thiazole rings is 1. The maximum absolute atomic E-state index is 11.3. The molecule has 14 heavy (non-hydrogen) atoms. The van der Waals surface area contributed by atoms with Crippen LogP contribution in [0.2, 0.25) is 0 Å². The molecule has 1 aromatic rings. The van der Waals surface area contributed by atoms with Crippen molar-refractivity contribution in [2.75, 3.05) is 12.0 Å². The van der Waals surface area contributed by atoms with E-state index < -0.39 is 0 Å². The topological polar surface area (TPSA) is 71.2 Å². The maximum atomic E-state index is 11.3. The van der Waals surface area contributed by atoms with Crippen LogP contribution in [-0.2, 0) is 11.3 Å². The third-order valence-corrected chi connectivity index (χ3v) is 3.11. The van der Waals surface area contributed by atoms with E-state index in [4.69, 9.17) is 5.84 Å². The predicted molar refractivity (Wildman–Crippen MR) is 54.6 cm³/mol. The van der Waals surface area contributed by atoms with Crippen molar-refractivity contribution in [3.63, 3.8) is 0 Å². The monoisotopic (exact) mass is 212 g/mol. The highest BCUT2D eigenvalue weighted by atomic mass is 32.1. The van der Waals surface area contributed by atoms with Gasteiger partial charge in [-0.15, -0.1) is 0 Å². The normalized spacial score (nSPS) is 16.4. The second-order valence-corrected chi connectivity index (χ2v) is 4.31. The zero-order valence-corrected chi connectivity index (χ0v) is 8.51. The Morgan fingerprint density at radius 1 is 1.71 bits per heavy atom. The molecule has 0 aromatic carbocycles. The van der Waals surface area contributed by atoms with Crippen LogP contribution in [0.5, 0.6) is 0 Å². The number of carbonyl (C=O) groups is 1. The number of carbonyl (C=O) groups excluding carboxylic acids is 1. The summed E-state index contributed by atoms with van der Waals surface area (Å²) in [6.45, 7) is 1.53. The molecule has 0 unspecified atom stereocenters. The van der Waals surface area contributed by atoms with Crippen LogP contribution in [0, 0.1) is 0 Å². The van der Waals surface area contributed by atoms with Crippen molar-refractivity contribution >= 4 is 22.4 Å². The fourth-order valence-electron chi connectivity index (χ4n) is 1.51. The van der Waals surface area contributed by atoms with Gasteiger partial charge in [0.15, 0.2) is 5.13 Å². The van der Waals surface area contributed by atoms with Gasteiger partial charge in [0.25, 0.3) is 0 Å². The second kappa shape index (κ2) is 3.93. The summed E-state index contributed by atoms with van der Waals surface area (Å²) in [5.74, 6) is 5.45. The quantitative estimate of drug-likeness (QED) is 0.567. The first kappa shape index (κ1) is 9.42. The summed E-state index contributed by atoms with van der Waals surface area (Å²) < 4.78 is 0. The van der Waals surface area contributed by atoms with Gasteiger partial charge >= 0.3 is 0 Å². The SMILES string of the molecule is NNc1ncc(CN2CCCC2=O)s1. The first-order valence-electron chi connectivity index (χ1n) is 4.48. The Labute approximate surface area is 85.9 Å². The number of aromatic nitrogens is 1. The number of rotatable bonds is 3. The maximum Gasteiger partial charge on any atom is 0.222 e. The van der Waals surface area contributed by atoms with E-state index in [-0.39, 0.29) is 5.91 Å². The molecule has 0 atom stereocenters. The average molecular weight is 212 g/mol. The van der Waals surface area contributed by atoms with Crippen molar-refractivity contribution in [1.82, 2.24) is 9.88 Å². The summed E-state index contributed by atoms with van der Waals surface area (Å²) in [7, 11) is 0. The highest BCUT2D eigenvalue weighted by Gasteiger charge is 2.20. The Morgan fingerprint density at radius 2 is 2.57 bits per heavy atom. The molecule has 76 valence electrons. The van der Waals surface area contributed by atoms with Gasteiger partial charge in [-0.05, 0) is 6.42 Å². The number of likely N-dealkylation sites (tertiary alicyclic amines) is 1. The summed E-state index contributed by atoms with van der Waals surface area (Å²) in [4.78, 5) is 18.3. The minimum absolute atomic E-state index is 0.237. The van der Waals surface area contributed by atoms with E-state index in [1.54, 1.807) is 6.20 Å². The Morgan fingerprint density at radius 3 is 3.14 bits per heavy atom. The smallest absolute Gasteiger partial charge is 0.222 e. The molecule has 0 spiro atoms. The highest BCUT2D eigenvalue weighted by molar-refractivity contribution is 7.15. The molecule has 6 heteroatoms. The Bertz CT molecular complexity index is 338. The number of nitrogens with zero attached hydrogens (tertiary/aromatic N) is 2. The van der Waals surface area contributed by atoms with Crippen LogP contribution in [-0.4, -0.2) is 22.3 Å². The molecule has 1 aliphatic heterocycles. The lowest BCUT2D eigenvalue weighted by Crippen LogP contribution is -2.23. The molecule has 0 aliphatic carbocycles. The lowest BCUT2D eigenvalue weighted by atomic mass is 10.4. The van der Waals surface area contributed by atoms with Crippen LogP contribution in [0.1, 0.15) is 17.7 Å². The predicted octanol–water partition coefficient (Wildman–Crippen LogP) is 0.551. The molecule has 3 N–H and O–H groups in total. The van der Waals surface area contributed by atoms with E-state index in [1.165, 1.54) is 11.3 Å². The molecule has 0 radical (unpaired) electrons. The third kappa shape index (κ3) is 1.85. The van der Waals surface area contributed by atoms with Gasteiger partial charge in [0.1, 0.15) is 0 Å². The summed E-state index contributed by atoms with van der Waals surface area (Å²) in [5, 5.41) is 0.687. The first-order chi connectivity index (χ1) is 6.79. The van der Waals surface area contributed by atoms with E-state index >= 15 is 0 Å². The Balaban J connectivity index is 1.99. The molecule has 0 saturated carbocycles. The number of hydrogen-bond donors (Lipinski definition) is 2. The van der Waals surface area contributed by atoms with E-state index in [1.807, 2.05) is 4.90 Å². The summed E-state index contributed by atoms with van der Waals surface area (Å²) in [6.07, 6.45) is 3.41. The van der Waals surface area contributed by atoms with Gasteiger partial charge in [-0.3, -0.25) is 10.2 Å². The number of amides is 1. The number of nitrogen functional groups attached to an aromatic ring is 1. The van der Waals surface area contributed by atoms with Gasteiger partial charge < -0.3 is 4.90 Å². The largest absolute Gasteiger partial charge is 0.337 e. The molecule has 0 bridgehead atoms. The minimum Gasteiger partial charge on any atom is -0.337 e. The number of hydrogen-bond acceptors (Lipinski definition) is 5. The van der Waals surface area contributed by atoms with Crippen molar-refractivity contribution in [1.29, 1.82) is 0 Å². The van der Waals surface area contributed by atoms with Gasteiger partial charge in [-0.25, -0.2) is 10.8 Å². The molecule has 1 fully saturated rings. The molecule has 5 nitrogen and oxygen atoms in total. The molecule has 1 saturated heterocycles. The standard InChI is InChI=1S/C8H12N4OS/c9-11-8-10-4-6(14-8)5-12-3-1-2-7(12)13/h4H,1-3,5,9H2,(H,10,11). The second-order valence-electron chi connectivity index (χ2n) is 3.19. The van der Waals surface area contributed by atoms with Crippen molar-refractivity contribution in [2.45, 2.75) is 19.4 Å². The van der Waals surface area contributed by atoms with Crippen LogP contribution in [0.15, 0.2) is 6.20 Å². The number of anilines is 1. The number of nitrogens with two attached hydrogens (primary N) is 1. The number of hydrazine groups is 1. The first-order valence-corrected chi connectivity index (χ1v) is 5.30. The van der Waals surface area contributed by atoms with Crippen molar-refractivity contribution in [3.05, 3.63) is 11.1 Å². The van der Waals surface area contributed by atoms with Crippen LogP contribution >= 0.6 is 11.3 Å². The fourth-order valence-corrected chi connectivity index (χ4v) is 2.25. The van der Waals surface area contributed by atoms with Crippen molar-refractivity contribution in [3.8, 4) is 0 Å². The lowest BCUT2D eigenvalue weighted by molar-refractivity contribution is -0.128. The molecule has 1 aliphatic rings. The van der Waals surface area contributed by atoms with E-state index in [9.17, 15) is 4.79 Å². The Kier molecular flexibility index (Phi) is 2.64. The van der Waals surface area contributed by atoms with E-state index in [0.29, 0.717) is 18.1 Å². The van der Waals surface area contributed by atoms with Crippen LogP contribution < -0.4 is 11.3 Å². The van der Waals surface area contributed by atoms with Gasteiger partial charge in [0.2, 0.25) is 5.91 Å². The van der Waals surface area contributed by atoms with Gasteiger partial charge in [0, 0.05) is 24.0 Å². The average Bonchev–Trinajstić information content (AvgIpc) is 2.77. The zero-order valence-electron chi connectivity index (χ0n) is 7.69. The molecule has 1 amide bonds. The third-order valence-electron chi connectivity index (χ3n) is 2.20. The summed E-state index contributed by atoms with van der Waals surface area (Å²) >= 11 is 1.48. The molecule has 1 aromatic heterocycles. The molecular formula is C8H12N4OS. The van der Waals surface area contributed by atoms with E-state index in [0.717, 1.165) is 17.8 Å². The van der Waals surface area contributed by atoms with Gasteiger partial charge in [-0.2, -0.15) is 0 Å². The van der Waals surface area contributed by atoms with Gasteiger partial charge in [-0.1, -0.05) is 11.3 Å². The molecular weight excluding hydrogens is 200 g/mol. The highest BCUT2D eigenvalue weighted by Crippen LogP contribution is 2.21. The van der Waals surface area contributed by atoms with Crippen LogP contribution in [0.25, 0.3) is 0 Å². The summed E-state index contributed by atoms with van der Waals surface area (Å²) in [5.41, 5.74) is 2.49. The van der Waals surface area contributed by atoms with E-state index in [2.05, 4.69) is 10.4 Å².